The Morgan fingerprint density at radius 2 is 2.17 bits per heavy atom. The summed E-state index contributed by atoms with van der Waals surface area (Å²) in [6.07, 6.45) is 3.16. The minimum atomic E-state index is -0.276. The number of anilines is 1. The summed E-state index contributed by atoms with van der Waals surface area (Å²) in [6, 6.07) is 5.58. The fourth-order valence-corrected chi connectivity index (χ4v) is 4.48. The number of ether oxygens (including phenoxy) is 1. The third kappa shape index (κ3) is 3.95. The molecule has 1 aliphatic rings. The van der Waals surface area contributed by atoms with E-state index in [2.05, 4.69) is 15.3 Å². The number of hydrogen-bond acceptors (Lipinski definition) is 6. The van der Waals surface area contributed by atoms with E-state index in [1.54, 1.807) is 23.9 Å². The van der Waals surface area contributed by atoms with Crippen molar-refractivity contribution in [2.75, 3.05) is 11.9 Å². The van der Waals surface area contributed by atoms with E-state index in [0.29, 0.717) is 34.9 Å². The lowest BCUT2D eigenvalue weighted by Gasteiger charge is -2.34. The summed E-state index contributed by atoms with van der Waals surface area (Å²) in [4.78, 5) is 34.8. The molecule has 0 bridgehead atoms. The number of benzene rings is 1. The molecule has 1 unspecified atom stereocenters. The normalized spacial score (nSPS) is 18.7. The zero-order chi connectivity index (χ0) is 20.8. The van der Waals surface area contributed by atoms with Crippen molar-refractivity contribution < 1.29 is 9.53 Å². The predicted octanol–water partition coefficient (Wildman–Crippen LogP) is 3.51. The van der Waals surface area contributed by atoms with Crippen molar-refractivity contribution in [3.63, 3.8) is 0 Å². The molecule has 1 atom stereocenters. The Labute approximate surface area is 172 Å². The van der Waals surface area contributed by atoms with Gasteiger partial charge in [0.25, 0.3) is 5.56 Å². The summed E-state index contributed by atoms with van der Waals surface area (Å²) in [5, 5.41) is 4.10. The molecule has 1 aromatic carbocycles. The molecule has 1 fully saturated rings. The zero-order valence-electron chi connectivity index (χ0n) is 17.0. The van der Waals surface area contributed by atoms with Gasteiger partial charge in [0.15, 0.2) is 5.13 Å². The highest BCUT2D eigenvalue weighted by molar-refractivity contribution is 7.19. The topological polar surface area (TPSA) is 86.1 Å². The Morgan fingerprint density at radius 1 is 1.38 bits per heavy atom. The van der Waals surface area contributed by atoms with Crippen LogP contribution in [0.25, 0.3) is 21.3 Å². The van der Waals surface area contributed by atoms with Crippen LogP contribution in [0.1, 0.15) is 32.5 Å². The lowest BCUT2D eigenvalue weighted by atomic mass is 9.88. The highest BCUT2D eigenvalue weighted by Gasteiger charge is 2.33. The lowest BCUT2D eigenvalue weighted by molar-refractivity contribution is -0.130. The molecule has 3 aromatic rings. The molecule has 1 N–H and O–H groups in total. The molecule has 8 heteroatoms. The van der Waals surface area contributed by atoms with Crippen molar-refractivity contribution in [1.82, 2.24) is 14.5 Å². The van der Waals surface area contributed by atoms with E-state index in [4.69, 9.17) is 4.74 Å². The van der Waals surface area contributed by atoms with Gasteiger partial charge in [0.05, 0.1) is 21.4 Å². The van der Waals surface area contributed by atoms with Crippen molar-refractivity contribution in [2.24, 2.45) is 13.0 Å². The third-order valence-corrected chi connectivity index (χ3v) is 6.35. The first-order valence-electron chi connectivity index (χ1n) is 9.62. The van der Waals surface area contributed by atoms with E-state index in [-0.39, 0.29) is 23.0 Å². The largest absolute Gasteiger partial charge is 0.376 e. The van der Waals surface area contributed by atoms with E-state index in [9.17, 15) is 9.59 Å². The average Bonchev–Trinajstić information content (AvgIpc) is 3.13. The van der Waals surface area contributed by atoms with Gasteiger partial charge in [0.1, 0.15) is 5.82 Å². The van der Waals surface area contributed by atoms with Gasteiger partial charge in [-0.05, 0) is 51.3 Å². The van der Waals surface area contributed by atoms with Crippen molar-refractivity contribution in [1.29, 1.82) is 0 Å². The molecule has 2 aromatic heterocycles. The van der Waals surface area contributed by atoms with Crippen LogP contribution in [0.4, 0.5) is 5.13 Å². The summed E-state index contributed by atoms with van der Waals surface area (Å²) in [5.41, 5.74) is 1.24. The molecular weight excluding hydrogens is 388 g/mol. The van der Waals surface area contributed by atoms with Crippen molar-refractivity contribution >= 4 is 33.3 Å². The van der Waals surface area contributed by atoms with Crippen LogP contribution in [-0.2, 0) is 16.6 Å². The highest BCUT2D eigenvalue weighted by Crippen LogP contribution is 2.32. The minimum absolute atomic E-state index is 0.0124. The maximum Gasteiger partial charge on any atom is 0.261 e. The second-order valence-corrected chi connectivity index (χ2v) is 9.10. The fraction of sp³-hybridized carbons (Fsp3) is 0.429. The number of carbonyl (C=O) groups is 1. The molecule has 0 aliphatic carbocycles. The Balaban J connectivity index is 1.55. The number of carbonyl (C=O) groups excluding carboxylic acids is 1. The van der Waals surface area contributed by atoms with Crippen LogP contribution in [0.3, 0.4) is 0 Å². The Kier molecular flexibility index (Phi) is 5.00. The standard InChI is InChI=1S/C21H24N4O3S/c1-12-23-16-9-13(5-6-15(16)19(27)25(12)4)17-11-22-20(29-17)24-18(26)14-7-8-28-21(2,3)10-14/h5-6,9,11,14H,7-8,10H2,1-4H3,(H,22,24,26). The monoisotopic (exact) mass is 412 g/mol. The molecule has 7 nitrogen and oxygen atoms in total. The first-order chi connectivity index (χ1) is 13.7. The molecular formula is C21H24N4O3S. The molecule has 152 valence electrons. The minimum Gasteiger partial charge on any atom is -0.376 e. The zero-order valence-corrected chi connectivity index (χ0v) is 17.8. The number of rotatable bonds is 3. The first kappa shape index (κ1) is 19.7. The van der Waals surface area contributed by atoms with Crippen LogP contribution in [-0.4, -0.2) is 32.7 Å². The molecule has 0 saturated carbocycles. The number of amides is 1. The van der Waals surface area contributed by atoms with Crippen LogP contribution in [0.15, 0.2) is 29.2 Å². The molecule has 0 radical (unpaired) electrons. The first-order valence-corrected chi connectivity index (χ1v) is 10.4. The van der Waals surface area contributed by atoms with Gasteiger partial charge in [0.2, 0.25) is 5.91 Å². The fourth-order valence-electron chi connectivity index (χ4n) is 3.66. The summed E-state index contributed by atoms with van der Waals surface area (Å²) >= 11 is 1.41. The summed E-state index contributed by atoms with van der Waals surface area (Å²) in [5.74, 6) is 0.577. The SMILES string of the molecule is Cc1nc2cc(-c3cnc(NC(=O)C4CCOC(C)(C)C4)s3)ccc2c(=O)n1C. The van der Waals surface area contributed by atoms with Crippen molar-refractivity contribution in [3.8, 4) is 10.4 Å². The lowest BCUT2D eigenvalue weighted by Crippen LogP contribution is -2.39. The molecule has 4 rings (SSSR count). The van der Waals surface area contributed by atoms with Gasteiger partial charge in [-0.1, -0.05) is 17.4 Å². The van der Waals surface area contributed by atoms with Gasteiger partial charge in [-0.3, -0.25) is 14.2 Å². The summed E-state index contributed by atoms with van der Waals surface area (Å²) in [7, 11) is 1.72. The molecule has 1 saturated heterocycles. The van der Waals surface area contributed by atoms with E-state index >= 15 is 0 Å². The van der Waals surface area contributed by atoms with Gasteiger partial charge in [0, 0.05) is 25.8 Å². The third-order valence-electron chi connectivity index (χ3n) is 5.39. The van der Waals surface area contributed by atoms with E-state index in [1.807, 2.05) is 32.9 Å². The molecule has 29 heavy (non-hydrogen) atoms. The van der Waals surface area contributed by atoms with Gasteiger partial charge in [-0.2, -0.15) is 0 Å². The highest BCUT2D eigenvalue weighted by atomic mass is 32.1. The maximum absolute atomic E-state index is 12.6. The van der Waals surface area contributed by atoms with Crippen LogP contribution in [0.2, 0.25) is 0 Å². The van der Waals surface area contributed by atoms with Crippen LogP contribution >= 0.6 is 11.3 Å². The van der Waals surface area contributed by atoms with E-state index in [0.717, 1.165) is 16.9 Å². The Morgan fingerprint density at radius 3 is 2.93 bits per heavy atom. The number of nitrogens with zero attached hydrogens (tertiary/aromatic N) is 3. The quantitative estimate of drug-likeness (QED) is 0.711. The second-order valence-electron chi connectivity index (χ2n) is 8.07. The number of aromatic nitrogens is 3. The Hall–Kier alpha value is -2.58. The van der Waals surface area contributed by atoms with E-state index in [1.165, 1.54) is 11.3 Å². The molecule has 1 amide bonds. The number of aryl methyl sites for hydroxylation is 1. The van der Waals surface area contributed by atoms with Crippen LogP contribution in [0, 0.1) is 12.8 Å². The maximum atomic E-state index is 12.6. The van der Waals surface area contributed by atoms with Crippen molar-refractivity contribution in [2.45, 2.75) is 39.2 Å². The van der Waals surface area contributed by atoms with Crippen molar-refractivity contribution in [3.05, 3.63) is 40.6 Å². The van der Waals surface area contributed by atoms with Gasteiger partial charge < -0.3 is 10.1 Å². The number of nitrogens with one attached hydrogen (secondary N) is 1. The molecule has 3 heterocycles. The molecule has 1 aliphatic heterocycles. The Bertz CT molecular complexity index is 1150. The predicted molar refractivity (Wildman–Crippen MR) is 114 cm³/mol. The smallest absolute Gasteiger partial charge is 0.261 e. The average molecular weight is 413 g/mol. The number of hydrogen-bond donors (Lipinski definition) is 1. The number of fused-ring (bicyclic) bond motifs is 1. The van der Waals surface area contributed by atoms with Gasteiger partial charge in [-0.15, -0.1) is 0 Å². The number of thiazole rings is 1. The van der Waals surface area contributed by atoms with Gasteiger partial charge in [-0.25, -0.2) is 9.97 Å². The molecule has 0 spiro atoms. The second kappa shape index (κ2) is 7.35. The summed E-state index contributed by atoms with van der Waals surface area (Å²) in [6.45, 7) is 6.43. The van der Waals surface area contributed by atoms with Crippen LogP contribution in [0.5, 0.6) is 0 Å². The van der Waals surface area contributed by atoms with Gasteiger partial charge >= 0.3 is 0 Å². The van der Waals surface area contributed by atoms with E-state index < -0.39 is 0 Å². The summed E-state index contributed by atoms with van der Waals surface area (Å²) < 4.78 is 7.24. The van der Waals surface area contributed by atoms with Crippen LogP contribution < -0.4 is 10.9 Å².